The van der Waals surface area contributed by atoms with E-state index in [-0.39, 0.29) is 0 Å². The van der Waals surface area contributed by atoms with Crippen LogP contribution in [0.1, 0.15) is 18.4 Å². The summed E-state index contributed by atoms with van der Waals surface area (Å²) in [5.41, 5.74) is 1.22. The maximum absolute atomic E-state index is 9.54. The topological polar surface area (TPSA) is 43.7 Å². The van der Waals surface area contributed by atoms with Crippen molar-refractivity contribution in [1.82, 2.24) is 4.90 Å². The highest BCUT2D eigenvalue weighted by atomic mass is 16.5. The zero-order valence-electron chi connectivity index (χ0n) is 8.76. The molecule has 0 bridgehead atoms. The maximum Gasteiger partial charge on any atom is 0.175 e. The van der Waals surface area contributed by atoms with Gasteiger partial charge in [0.05, 0.1) is 6.54 Å². The fourth-order valence-electron chi connectivity index (χ4n) is 2.08. The molecule has 0 amide bonds. The third kappa shape index (κ3) is 3.02. The lowest BCUT2D eigenvalue weighted by Gasteiger charge is -2.35. The first-order valence-corrected chi connectivity index (χ1v) is 5.37. The van der Waals surface area contributed by atoms with Crippen LogP contribution in [-0.4, -0.2) is 34.0 Å². The third-order valence-electron chi connectivity index (χ3n) is 2.78. The number of likely N-dealkylation sites (tertiary alicyclic amines) is 1. The minimum absolute atomic E-state index is 0.349. The van der Waals surface area contributed by atoms with E-state index in [1.165, 1.54) is 5.56 Å². The largest absolute Gasteiger partial charge is 0.365 e. The fraction of sp³-hybridized carbons (Fsp3) is 0.500. The lowest BCUT2D eigenvalue weighted by molar-refractivity contribution is -0.194. The molecule has 1 aliphatic rings. The van der Waals surface area contributed by atoms with E-state index in [9.17, 15) is 10.2 Å². The van der Waals surface area contributed by atoms with E-state index in [2.05, 4.69) is 17.0 Å². The van der Waals surface area contributed by atoms with Crippen LogP contribution in [0.4, 0.5) is 0 Å². The van der Waals surface area contributed by atoms with Gasteiger partial charge >= 0.3 is 0 Å². The molecule has 1 heterocycles. The highest BCUT2D eigenvalue weighted by Gasteiger charge is 2.30. The van der Waals surface area contributed by atoms with Crippen LogP contribution in [0, 0.1) is 0 Å². The first-order chi connectivity index (χ1) is 7.16. The van der Waals surface area contributed by atoms with Gasteiger partial charge < -0.3 is 10.2 Å². The number of aliphatic hydroxyl groups is 2. The molecule has 15 heavy (non-hydrogen) atoms. The third-order valence-corrected chi connectivity index (χ3v) is 2.78. The molecule has 1 fully saturated rings. The molecule has 2 rings (SSSR count). The normalized spacial score (nSPS) is 21.5. The number of piperidine rings is 1. The number of β-amino-alcohol motifs (C(OH)–C–C–N with tert-alkyl or cyclic N) is 2. The van der Waals surface area contributed by atoms with Gasteiger partial charge in [-0.1, -0.05) is 30.3 Å². The molecule has 0 unspecified atom stereocenters. The van der Waals surface area contributed by atoms with Crippen molar-refractivity contribution in [3.8, 4) is 0 Å². The molecular weight excluding hydrogens is 190 g/mol. The van der Waals surface area contributed by atoms with Crippen LogP contribution in [0.15, 0.2) is 30.3 Å². The van der Waals surface area contributed by atoms with E-state index in [0.29, 0.717) is 13.0 Å². The standard InChI is InChI=1S/C12H17NO2/c14-12(15)7-4-8-13(10-12)9-11-5-2-1-3-6-11/h1-3,5-6,14-15H,4,7-10H2. The van der Waals surface area contributed by atoms with Crippen molar-refractivity contribution in [2.75, 3.05) is 13.1 Å². The van der Waals surface area contributed by atoms with Gasteiger partial charge in [-0.2, -0.15) is 0 Å². The van der Waals surface area contributed by atoms with E-state index >= 15 is 0 Å². The Labute approximate surface area is 90.0 Å². The molecule has 0 spiro atoms. The minimum atomic E-state index is -1.49. The summed E-state index contributed by atoms with van der Waals surface area (Å²) in [5, 5.41) is 19.1. The summed E-state index contributed by atoms with van der Waals surface area (Å²) in [4.78, 5) is 2.08. The molecule has 1 aliphatic heterocycles. The quantitative estimate of drug-likeness (QED) is 0.710. The molecular formula is C12H17NO2. The van der Waals surface area contributed by atoms with Gasteiger partial charge in [0, 0.05) is 13.0 Å². The fourth-order valence-corrected chi connectivity index (χ4v) is 2.08. The van der Waals surface area contributed by atoms with Crippen molar-refractivity contribution in [2.45, 2.75) is 25.2 Å². The molecule has 2 N–H and O–H groups in total. The highest BCUT2D eigenvalue weighted by Crippen LogP contribution is 2.19. The number of benzene rings is 1. The average molecular weight is 207 g/mol. The molecule has 1 aromatic carbocycles. The van der Waals surface area contributed by atoms with Crippen molar-refractivity contribution in [3.05, 3.63) is 35.9 Å². The van der Waals surface area contributed by atoms with Crippen LogP contribution in [0.2, 0.25) is 0 Å². The molecule has 3 nitrogen and oxygen atoms in total. The Bertz CT molecular complexity index is 311. The molecule has 3 heteroatoms. The van der Waals surface area contributed by atoms with Crippen LogP contribution in [0.5, 0.6) is 0 Å². The molecule has 0 saturated carbocycles. The summed E-state index contributed by atoms with van der Waals surface area (Å²) in [5.74, 6) is -1.49. The number of hydrogen-bond acceptors (Lipinski definition) is 3. The summed E-state index contributed by atoms with van der Waals surface area (Å²) >= 11 is 0. The summed E-state index contributed by atoms with van der Waals surface area (Å²) in [6.07, 6.45) is 1.33. The second-order valence-corrected chi connectivity index (χ2v) is 4.28. The molecule has 0 radical (unpaired) electrons. The van der Waals surface area contributed by atoms with Crippen LogP contribution < -0.4 is 0 Å². The first-order valence-electron chi connectivity index (χ1n) is 5.37. The summed E-state index contributed by atoms with van der Waals surface area (Å²) in [6, 6.07) is 10.1. The molecule has 0 aromatic heterocycles. The van der Waals surface area contributed by atoms with Gasteiger partial charge in [-0.15, -0.1) is 0 Å². The second-order valence-electron chi connectivity index (χ2n) is 4.28. The Balaban J connectivity index is 1.95. The monoisotopic (exact) mass is 207 g/mol. The second kappa shape index (κ2) is 4.31. The van der Waals surface area contributed by atoms with Crippen LogP contribution in [0.25, 0.3) is 0 Å². The summed E-state index contributed by atoms with van der Waals surface area (Å²) in [6.45, 7) is 2.09. The van der Waals surface area contributed by atoms with Crippen LogP contribution in [-0.2, 0) is 6.54 Å². The zero-order valence-corrected chi connectivity index (χ0v) is 8.76. The smallest absolute Gasteiger partial charge is 0.175 e. The van der Waals surface area contributed by atoms with E-state index in [1.807, 2.05) is 18.2 Å². The van der Waals surface area contributed by atoms with Gasteiger partial charge in [-0.05, 0) is 18.5 Å². The van der Waals surface area contributed by atoms with Crippen molar-refractivity contribution in [1.29, 1.82) is 0 Å². The Morgan fingerprint density at radius 1 is 1.20 bits per heavy atom. The van der Waals surface area contributed by atoms with Gasteiger partial charge in [0.15, 0.2) is 5.79 Å². The van der Waals surface area contributed by atoms with E-state index in [0.717, 1.165) is 19.5 Å². The number of rotatable bonds is 2. The van der Waals surface area contributed by atoms with Crippen molar-refractivity contribution in [3.63, 3.8) is 0 Å². The zero-order chi connectivity index (χ0) is 10.7. The molecule has 0 aliphatic carbocycles. The number of hydrogen-bond donors (Lipinski definition) is 2. The summed E-state index contributed by atoms with van der Waals surface area (Å²) < 4.78 is 0. The predicted octanol–water partition coefficient (Wildman–Crippen LogP) is 0.963. The van der Waals surface area contributed by atoms with Crippen molar-refractivity contribution in [2.24, 2.45) is 0 Å². The average Bonchev–Trinajstić information content (AvgIpc) is 2.17. The van der Waals surface area contributed by atoms with Gasteiger partial charge in [-0.25, -0.2) is 0 Å². The van der Waals surface area contributed by atoms with Crippen LogP contribution >= 0.6 is 0 Å². The summed E-state index contributed by atoms with van der Waals surface area (Å²) in [7, 11) is 0. The van der Waals surface area contributed by atoms with Crippen molar-refractivity contribution >= 4 is 0 Å². The van der Waals surface area contributed by atoms with Gasteiger partial charge in [-0.3, -0.25) is 4.90 Å². The van der Waals surface area contributed by atoms with E-state index < -0.39 is 5.79 Å². The van der Waals surface area contributed by atoms with E-state index in [1.54, 1.807) is 0 Å². The molecule has 0 atom stereocenters. The Morgan fingerprint density at radius 3 is 2.60 bits per heavy atom. The highest BCUT2D eigenvalue weighted by molar-refractivity contribution is 5.14. The van der Waals surface area contributed by atoms with Crippen LogP contribution in [0.3, 0.4) is 0 Å². The Kier molecular flexibility index (Phi) is 3.05. The Hall–Kier alpha value is -0.900. The molecule has 82 valence electrons. The first kappa shape index (κ1) is 10.6. The predicted molar refractivity (Wildman–Crippen MR) is 58.1 cm³/mol. The Morgan fingerprint density at radius 2 is 1.93 bits per heavy atom. The SMILES string of the molecule is OC1(O)CCCN(Cc2ccccc2)C1. The van der Waals surface area contributed by atoms with Gasteiger partial charge in [0.1, 0.15) is 0 Å². The van der Waals surface area contributed by atoms with Gasteiger partial charge in [0.25, 0.3) is 0 Å². The minimum Gasteiger partial charge on any atom is -0.365 e. The van der Waals surface area contributed by atoms with E-state index in [4.69, 9.17) is 0 Å². The molecule has 1 saturated heterocycles. The lowest BCUT2D eigenvalue weighted by Crippen LogP contribution is -2.47. The molecule has 1 aromatic rings. The number of nitrogens with zero attached hydrogens (tertiary/aromatic N) is 1. The van der Waals surface area contributed by atoms with Crippen molar-refractivity contribution < 1.29 is 10.2 Å². The van der Waals surface area contributed by atoms with Gasteiger partial charge in [0.2, 0.25) is 0 Å². The lowest BCUT2D eigenvalue weighted by atomic mass is 10.0. The maximum atomic E-state index is 9.54.